The molecule has 1 aromatic heterocycles. The Morgan fingerprint density at radius 3 is 2.49 bits per heavy atom. The maximum atomic E-state index is 12.6. The number of carbonyl (C=O) groups excluding carboxylic acids is 3. The quantitative estimate of drug-likeness (QED) is 0.407. The molecular formula is C25H30N6O4. The zero-order chi connectivity index (χ0) is 24.5. The largest absolute Gasteiger partial charge is 0.378 e. The van der Waals surface area contributed by atoms with Gasteiger partial charge in [-0.05, 0) is 48.6 Å². The number of carbonyl (C=O) groups is 3. The first kappa shape index (κ1) is 24.4. The van der Waals surface area contributed by atoms with E-state index in [9.17, 15) is 14.4 Å². The number of urea groups is 1. The molecular weight excluding hydrogens is 448 g/mol. The van der Waals surface area contributed by atoms with Crippen molar-refractivity contribution in [3.05, 3.63) is 59.8 Å². The molecule has 10 heteroatoms. The monoisotopic (exact) mass is 478 g/mol. The van der Waals surface area contributed by atoms with Crippen LogP contribution in [0.4, 0.5) is 16.3 Å². The van der Waals surface area contributed by atoms with Crippen LogP contribution in [0.25, 0.3) is 6.08 Å². The lowest BCUT2D eigenvalue weighted by Gasteiger charge is -2.28. The first-order chi connectivity index (χ1) is 17.1. The lowest BCUT2D eigenvalue weighted by Crippen LogP contribution is -2.46. The Morgan fingerprint density at radius 1 is 1.00 bits per heavy atom. The Balaban J connectivity index is 1.26. The third-order valence-corrected chi connectivity index (χ3v) is 5.79. The Hall–Kier alpha value is -3.76. The van der Waals surface area contributed by atoms with Crippen molar-refractivity contribution >= 4 is 35.3 Å². The molecule has 2 aliphatic rings. The number of amides is 3. The van der Waals surface area contributed by atoms with Crippen LogP contribution in [-0.4, -0.2) is 86.6 Å². The van der Waals surface area contributed by atoms with Gasteiger partial charge in [-0.3, -0.25) is 9.59 Å². The number of rotatable bonds is 7. The topological polar surface area (TPSA) is 116 Å². The highest BCUT2D eigenvalue weighted by molar-refractivity contribution is 6.07. The van der Waals surface area contributed by atoms with Crippen LogP contribution in [0.3, 0.4) is 0 Å². The van der Waals surface area contributed by atoms with Crippen molar-refractivity contribution in [3.63, 3.8) is 0 Å². The first-order valence-corrected chi connectivity index (χ1v) is 11.7. The Bertz CT molecular complexity index is 1060. The molecule has 0 spiro atoms. The second-order valence-electron chi connectivity index (χ2n) is 8.23. The van der Waals surface area contributed by atoms with Crippen LogP contribution in [0.1, 0.15) is 16.1 Å². The second-order valence-corrected chi connectivity index (χ2v) is 8.23. The summed E-state index contributed by atoms with van der Waals surface area (Å²) in [6, 6.07) is 11.9. The van der Waals surface area contributed by atoms with E-state index in [1.54, 1.807) is 35.2 Å². The van der Waals surface area contributed by atoms with Crippen molar-refractivity contribution in [2.24, 2.45) is 0 Å². The predicted octanol–water partition coefficient (Wildman–Crippen LogP) is 1.37. The molecule has 3 N–H and O–H groups in total. The molecule has 0 bridgehead atoms. The summed E-state index contributed by atoms with van der Waals surface area (Å²) in [6.07, 6.45) is 3.20. The van der Waals surface area contributed by atoms with E-state index in [1.807, 2.05) is 18.2 Å². The van der Waals surface area contributed by atoms with Crippen LogP contribution in [0.5, 0.6) is 0 Å². The van der Waals surface area contributed by atoms with Gasteiger partial charge in [0.05, 0.1) is 25.5 Å². The van der Waals surface area contributed by atoms with Crippen molar-refractivity contribution in [1.29, 1.82) is 0 Å². The van der Waals surface area contributed by atoms with Gasteiger partial charge in [-0.15, -0.1) is 0 Å². The number of pyridine rings is 1. The van der Waals surface area contributed by atoms with Crippen LogP contribution in [0.15, 0.2) is 48.5 Å². The Kier molecular flexibility index (Phi) is 8.42. The number of allylic oxidation sites excluding steroid dienone is 1. The number of hydrogen-bond acceptors (Lipinski definition) is 7. The maximum Gasteiger partial charge on any atom is 0.319 e. The lowest BCUT2D eigenvalue weighted by atomic mass is 10.1. The fourth-order valence-corrected chi connectivity index (χ4v) is 3.83. The van der Waals surface area contributed by atoms with Gasteiger partial charge in [0.25, 0.3) is 0 Å². The number of morpholine rings is 1. The molecule has 0 aliphatic carbocycles. The molecule has 2 saturated heterocycles. The highest BCUT2D eigenvalue weighted by atomic mass is 16.5. The summed E-state index contributed by atoms with van der Waals surface area (Å²) in [7, 11) is 0. The molecule has 2 aliphatic heterocycles. The summed E-state index contributed by atoms with van der Waals surface area (Å²) in [5.41, 5.74) is 1.73. The molecule has 2 fully saturated rings. The van der Waals surface area contributed by atoms with E-state index < -0.39 is 6.03 Å². The molecule has 0 radical (unpaired) electrons. The minimum atomic E-state index is -0.485. The number of aromatic nitrogens is 1. The summed E-state index contributed by atoms with van der Waals surface area (Å²) in [4.78, 5) is 45.3. The minimum Gasteiger partial charge on any atom is -0.378 e. The highest BCUT2D eigenvalue weighted by Gasteiger charge is 2.17. The van der Waals surface area contributed by atoms with Crippen LogP contribution >= 0.6 is 0 Å². The average molecular weight is 479 g/mol. The van der Waals surface area contributed by atoms with E-state index in [-0.39, 0.29) is 18.2 Å². The van der Waals surface area contributed by atoms with Gasteiger partial charge in [-0.1, -0.05) is 6.07 Å². The number of anilines is 2. The zero-order valence-electron chi connectivity index (χ0n) is 19.5. The summed E-state index contributed by atoms with van der Waals surface area (Å²) >= 11 is 0. The van der Waals surface area contributed by atoms with Gasteiger partial charge in [0.15, 0.2) is 5.78 Å². The van der Waals surface area contributed by atoms with Crippen LogP contribution in [0, 0.1) is 0 Å². The fraction of sp³-hybridized carbons (Fsp3) is 0.360. The minimum absolute atomic E-state index is 0.0862. The summed E-state index contributed by atoms with van der Waals surface area (Å²) in [6.45, 7) is 5.67. The van der Waals surface area contributed by atoms with Crippen molar-refractivity contribution in [2.75, 3.05) is 69.2 Å². The third kappa shape index (κ3) is 7.11. The van der Waals surface area contributed by atoms with Gasteiger partial charge in [-0.25, -0.2) is 9.78 Å². The molecule has 10 nitrogen and oxygen atoms in total. The van der Waals surface area contributed by atoms with Gasteiger partial charge in [-0.2, -0.15) is 0 Å². The average Bonchev–Trinajstić information content (AvgIpc) is 2.92. The molecule has 35 heavy (non-hydrogen) atoms. The maximum absolute atomic E-state index is 12.6. The summed E-state index contributed by atoms with van der Waals surface area (Å²) in [5.74, 6) is 0.595. The second kappa shape index (κ2) is 12.1. The van der Waals surface area contributed by atoms with Crippen LogP contribution in [-0.2, 0) is 9.53 Å². The molecule has 184 valence electrons. The molecule has 3 heterocycles. The SMILES string of the molecule is O=C(NCC(=O)N1CCOCC1)Nc1ccc(C(=O)/C=C/c2cccc(N3CCNCC3)n2)cc1. The normalized spacial score (nSPS) is 16.2. The number of piperazine rings is 1. The van der Waals surface area contributed by atoms with Crippen molar-refractivity contribution in [1.82, 2.24) is 20.5 Å². The van der Waals surface area contributed by atoms with Crippen molar-refractivity contribution in [3.8, 4) is 0 Å². The van der Waals surface area contributed by atoms with E-state index >= 15 is 0 Å². The van der Waals surface area contributed by atoms with Crippen LogP contribution in [0.2, 0.25) is 0 Å². The lowest BCUT2D eigenvalue weighted by molar-refractivity contribution is -0.134. The summed E-state index contributed by atoms with van der Waals surface area (Å²) in [5, 5.41) is 8.55. The molecule has 3 amide bonds. The number of benzene rings is 1. The number of nitrogens with one attached hydrogen (secondary N) is 3. The molecule has 0 unspecified atom stereocenters. The van der Waals surface area contributed by atoms with Gasteiger partial charge in [0.1, 0.15) is 5.82 Å². The standard InChI is InChI=1S/C25H30N6O4/c32-22(9-8-20-2-1-3-23(28-20)30-12-10-26-11-13-30)19-4-6-21(7-5-19)29-25(34)27-18-24(33)31-14-16-35-17-15-31/h1-9,26H,10-18H2,(H2,27,29,34)/b9-8+. The van der Waals surface area contributed by atoms with Gasteiger partial charge in [0, 0.05) is 50.5 Å². The van der Waals surface area contributed by atoms with E-state index in [0.717, 1.165) is 37.7 Å². The van der Waals surface area contributed by atoms with Crippen molar-refractivity contribution in [2.45, 2.75) is 0 Å². The van der Waals surface area contributed by atoms with E-state index in [4.69, 9.17) is 4.74 Å². The molecule has 2 aromatic rings. The van der Waals surface area contributed by atoms with Gasteiger partial charge >= 0.3 is 6.03 Å². The number of hydrogen-bond donors (Lipinski definition) is 3. The van der Waals surface area contributed by atoms with E-state index in [0.29, 0.717) is 37.6 Å². The first-order valence-electron chi connectivity index (χ1n) is 11.7. The van der Waals surface area contributed by atoms with Crippen molar-refractivity contribution < 1.29 is 19.1 Å². The van der Waals surface area contributed by atoms with E-state index in [1.165, 1.54) is 6.08 Å². The number of ether oxygens (including phenoxy) is 1. The molecule has 0 atom stereocenters. The Morgan fingerprint density at radius 2 is 1.74 bits per heavy atom. The Labute approximate surface area is 204 Å². The summed E-state index contributed by atoms with van der Waals surface area (Å²) < 4.78 is 5.22. The number of ketones is 1. The molecule has 4 rings (SSSR count). The highest BCUT2D eigenvalue weighted by Crippen LogP contribution is 2.14. The fourth-order valence-electron chi connectivity index (χ4n) is 3.83. The smallest absolute Gasteiger partial charge is 0.319 e. The van der Waals surface area contributed by atoms with Crippen LogP contribution < -0.4 is 20.9 Å². The molecule has 1 aromatic carbocycles. The number of nitrogens with zero attached hydrogens (tertiary/aromatic N) is 3. The molecule has 0 saturated carbocycles. The predicted molar refractivity (Wildman–Crippen MR) is 134 cm³/mol. The zero-order valence-corrected chi connectivity index (χ0v) is 19.5. The van der Waals surface area contributed by atoms with Gasteiger partial charge < -0.3 is 30.5 Å². The van der Waals surface area contributed by atoms with Gasteiger partial charge in [0.2, 0.25) is 5.91 Å². The third-order valence-electron chi connectivity index (χ3n) is 5.79. The van der Waals surface area contributed by atoms with E-state index in [2.05, 4.69) is 25.8 Å².